The highest BCUT2D eigenvalue weighted by atomic mass is 32.2. The highest BCUT2D eigenvalue weighted by molar-refractivity contribution is 7.99. The zero-order chi connectivity index (χ0) is 18.7. The molecule has 25 heavy (non-hydrogen) atoms. The van der Waals surface area contributed by atoms with Crippen molar-refractivity contribution in [3.63, 3.8) is 0 Å². The molecule has 0 bridgehead atoms. The van der Waals surface area contributed by atoms with Gasteiger partial charge in [-0.15, -0.1) is 0 Å². The van der Waals surface area contributed by atoms with Crippen molar-refractivity contribution in [3.8, 4) is 0 Å². The van der Waals surface area contributed by atoms with Crippen molar-refractivity contribution in [2.24, 2.45) is 5.41 Å². The van der Waals surface area contributed by atoms with E-state index in [9.17, 15) is 19.5 Å². The Bertz CT molecular complexity index is 659. The summed E-state index contributed by atoms with van der Waals surface area (Å²) in [4.78, 5) is 35.8. The fraction of sp³-hybridized carbons (Fsp3) is 0.500. The number of hydrogen-bond acceptors (Lipinski definition) is 4. The molecule has 0 spiro atoms. The number of aliphatic carboxylic acids is 1. The van der Waals surface area contributed by atoms with Crippen LogP contribution < -0.4 is 10.6 Å². The lowest BCUT2D eigenvalue weighted by molar-refractivity contribution is -0.149. The van der Waals surface area contributed by atoms with Gasteiger partial charge >= 0.3 is 5.97 Å². The van der Waals surface area contributed by atoms with E-state index in [4.69, 9.17) is 0 Å². The normalized spacial score (nSPS) is 20.1. The minimum absolute atomic E-state index is 0.0401. The van der Waals surface area contributed by atoms with Gasteiger partial charge in [0.1, 0.15) is 0 Å². The SMILES string of the molecule is CC(C)(C)NC(=O)c1ccc(NC(=O)CC2(C(=O)O)CCSC2)cc1. The minimum atomic E-state index is -0.971. The molecule has 0 radical (unpaired) electrons. The number of carboxylic acids is 1. The Hall–Kier alpha value is -2.02. The van der Waals surface area contributed by atoms with Gasteiger partial charge in [-0.2, -0.15) is 11.8 Å². The summed E-state index contributed by atoms with van der Waals surface area (Å²) in [6.45, 7) is 5.71. The van der Waals surface area contributed by atoms with Gasteiger partial charge in [-0.05, 0) is 57.2 Å². The molecular formula is C18H24N2O4S. The summed E-state index contributed by atoms with van der Waals surface area (Å²) in [6, 6.07) is 6.56. The second kappa shape index (κ2) is 7.47. The second-order valence-electron chi connectivity index (χ2n) is 7.39. The first-order valence-electron chi connectivity index (χ1n) is 8.15. The number of carboxylic acid groups (broad SMARTS) is 1. The van der Waals surface area contributed by atoms with E-state index in [1.165, 1.54) is 0 Å². The average Bonchev–Trinajstić information content (AvgIpc) is 2.96. The third-order valence-electron chi connectivity index (χ3n) is 3.98. The summed E-state index contributed by atoms with van der Waals surface area (Å²) in [5.41, 5.74) is -0.249. The van der Waals surface area contributed by atoms with E-state index in [2.05, 4.69) is 10.6 Å². The molecule has 3 N–H and O–H groups in total. The molecule has 1 aromatic carbocycles. The molecule has 1 atom stereocenters. The predicted molar refractivity (Wildman–Crippen MR) is 98.9 cm³/mol. The van der Waals surface area contributed by atoms with Crippen molar-refractivity contribution >= 4 is 35.2 Å². The van der Waals surface area contributed by atoms with Gasteiger partial charge in [0, 0.05) is 29.0 Å². The van der Waals surface area contributed by atoms with Gasteiger partial charge in [0.25, 0.3) is 5.91 Å². The number of carbonyl (C=O) groups excluding carboxylic acids is 2. The zero-order valence-electron chi connectivity index (χ0n) is 14.7. The molecule has 0 aliphatic carbocycles. The van der Waals surface area contributed by atoms with Crippen molar-refractivity contribution in [1.29, 1.82) is 0 Å². The molecule has 1 heterocycles. The van der Waals surface area contributed by atoms with Crippen molar-refractivity contribution in [2.45, 2.75) is 39.2 Å². The molecule has 2 amide bonds. The summed E-state index contributed by atoms with van der Waals surface area (Å²) in [5, 5.41) is 15.0. The van der Waals surface area contributed by atoms with Crippen LogP contribution in [0.15, 0.2) is 24.3 Å². The van der Waals surface area contributed by atoms with Crippen molar-refractivity contribution < 1.29 is 19.5 Å². The highest BCUT2D eigenvalue weighted by Gasteiger charge is 2.43. The van der Waals surface area contributed by atoms with Crippen LogP contribution >= 0.6 is 11.8 Å². The molecule has 0 saturated carbocycles. The van der Waals surface area contributed by atoms with E-state index >= 15 is 0 Å². The molecule has 7 heteroatoms. The Labute approximate surface area is 151 Å². The average molecular weight is 364 g/mol. The number of nitrogens with one attached hydrogen (secondary N) is 2. The lowest BCUT2D eigenvalue weighted by Crippen LogP contribution is -2.40. The largest absolute Gasteiger partial charge is 0.481 e. The number of benzene rings is 1. The van der Waals surface area contributed by atoms with Gasteiger partial charge in [-0.1, -0.05) is 0 Å². The zero-order valence-corrected chi connectivity index (χ0v) is 15.5. The molecule has 1 aliphatic heterocycles. The van der Waals surface area contributed by atoms with Crippen LogP contribution in [0.4, 0.5) is 5.69 Å². The number of thioether (sulfide) groups is 1. The third kappa shape index (κ3) is 5.22. The van der Waals surface area contributed by atoms with Gasteiger partial charge in [0.05, 0.1) is 5.41 Å². The fourth-order valence-electron chi connectivity index (χ4n) is 2.62. The fourth-order valence-corrected chi connectivity index (χ4v) is 4.06. The van der Waals surface area contributed by atoms with Crippen LogP contribution in [-0.2, 0) is 9.59 Å². The maximum Gasteiger partial charge on any atom is 0.311 e. The Morgan fingerprint density at radius 1 is 1.20 bits per heavy atom. The van der Waals surface area contributed by atoms with Crippen molar-refractivity contribution in [1.82, 2.24) is 5.32 Å². The molecule has 1 aromatic rings. The van der Waals surface area contributed by atoms with Gasteiger partial charge < -0.3 is 15.7 Å². The van der Waals surface area contributed by atoms with E-state index in [1.54, 1.807) is 36.0 Å². The molecule has 1 unspecified atom stereocenters. The maximum absolute atomic E-state index is 12.2. The van der Waals surface area contributed by atoms with Crippen LogP contribution in [0.5, 0.6) is 0 Å². The van der Waals surface area contributed by atoms with Gasteiger partial charge in [0.2, 0.25) is 5.91 Å². The standard InChI is InChI=1S/C18H24N2O4S/c1-17(2,3)20-15(22)12-4-6-13(7-5-12)19-14(21)10-18(16(23)24)8-9-25-11-18/h4-7H,8-11H2,1-3H3,(H,19,21)(H,20,22)(H,23,24). The second-order valence-corrected chi connectivity index (χ2v) is 8.50. The first kappa shape index (κ1) is 19.3. The first-order valence-corrected chi connectivity index (χ1v) is 9.30. The lowest BCUT2D eigenvalue weighted by Gasteiger charge is -2.22. The Kier molecular flexibility index (Phi) is 5.77. The number of rotatable bonds is 5. The van der Waals surface area contributed by atoms with Crippen LogP contribution in [0.2, 0.25) is 0 Å². The Morgan fingerprint density at radius 3 is 2.32 bits per heavy atom. The molecule has 1 fully saturated rings. The van der Waals surface area contributed by atoms with Gasteiger partial charge in [-0.25, -0.2) is 0 Å². The Morgan fingerprint density at radius 2 is 1.84 bits per heavy atom. The Balaban J connectivity index is 1.98. The summed E-state index contributed by atoms with van der Waals surface area (Å²) < 4.78 is 0. The van der Waals surface area contributed by atoms with E-state index in [-0.39, 0.29) is 23.8 Å². The first-order chi connectivity index (χ1) is 11.6. The summed E-state index contributed by atoms with van der Waals surface area (Å²) in [7, 11) is 0. The summed E-state index contributed by atoms with van der Waals surface area (Å²) >= 11 is 1.56. The topological polar surface area (TPSA) is 95.5 Å². The number of hydrogen-bond donors (Lipinski definition) is 3. The molecule has 136 valence electrons. The number of carbonyl (C=O) groups is 3. The van der Waals surface area contributed by atoms with E-state index in [0.29, 0.717) is 23.4 Å². The van der Waals surface area contributed by atoms with Crippen molar-refractivity contribution in [2.75, 3.05) is 16.8 Å². The van der Waals surface area contributed by atoms with Crippen molar-refractivity contribution in [3.05, 3.63) is 29.8 Å². The molecule has 0 aromatic heterocycles. The quantitative estimate of drug-likeness (QED) is 0.747. The van der Waals surface area contributed by atoms with E-state index in [1.807, 2.05) is 20.8 Å². The van der Waals surface area contributed by atoms with Crippen LogP contribution in [0.3, 0.4) is 0 Å². The molecular weight excluding hydrogens is 340 g/mol. The van der Waals surface area contributed by atoms with Gasteiger partial charge in [-0.3, -0.25) is 14.4 Å². The van der Waals surface area contributed by atoms with Crippen LogP contribution in [-0.4, -0.2) is 39.9 Å². The van der Waals surface area contributed by atoms with Crippen LogP contribution in [0.25, 0.3) is 0 Å². The monoisotopic (exact) mass is 364 g/mol. The number of anilines is 1. The molecule has 1 saturated heterocycles. The van der Waals surface area contributed by atoms with E-state index in [0.717, 1.165) is 5.75 Å². The highest BCUT2D eigenvalue weighted by Crippen LogP contribution is 2.39. The van der Waals surface area contributed by atoms with E-state index < -0.39 is 11.4 Å². The maximum atomic E-state index is 12.2. The third-order valence-corrected chi connectivity index (χ3v) is 5.22. The summed E-state index contributed by atoms with van der Waals surface area (Å²) in [5.74, 6) is -0.199. The van der Waals surface area contributed by atoms with Gasteiger partial charge in [0.15, 0.2) is 0 Å². The smallest absolute Gasteiger partial charge is 0.311 e. The summed E-state index contributed by atoms with van der Waals surface area (Å²) in [6.07, 6.45) is 0.466. The minimum Gasteiger partial charge on any atom is -0.481 e. The molecule has 1 aliphatic rings. The number of amides is 2. The molecule has 6 nitrogen and oxygen atoms in total. The van der Waals surface area contributed by atoms with Crippen LogP contribution in [0, 0.1) is 5.41 Å². The predicted octanol–water partition coefficient (Wildman–Crippen LogP) is 2.75. The lowest BCUT2D eigenvalue weighted by atomic mass is 9.84. The van der Waals surface area contributed by atoms with Crippen LogP contribution in [0.1, 0.15) is 44.0 Å². The molecule has 2 rings (SSSR count).